The molecule has 2 amide bonds. The van der Waals surface area contributed by atoms with Gasteiger partial charge in [-0.25, -0.2) is 9.59 Å². The van der Waals surface area contributed by atoms with Gasteiger partial charge in [-0.1, -0.05) is 24.8 Å². The van der Waals surface area contributed by atoms with Crippen molar-refractivity contribution in [2.75, 3.05) is 13.2 Å². The van der Waals surface area contributed by atoms with Gasteiger partial charge in [-0.3, -0.25) is 4.79 Å². The Morgan fingerprint density at radius 3 is 2.48 bits per heavy atom. The lowest BCUT2D eigenvalue weighted by atomic mass is 10.2. The number of benzene rings is 1. The number of nitrogens with one attached hydrogen (secondary N) is 2. The first-order valence-corrected chi connectivity index (χ1v) is 6.13. The van der Waals surface area contributed by atoms with Crippen molar-refractivity contribution in [1.82, 2.24) is 10.8 Å². The zero-order valence-corrected chi connectivity index (χ0v) is 11.5. The van der Waals surface area contributed by atoms with E-state index < -0.39 is 18.0 Å². The van der Waals surface area contributed by atoms with Crippen LogP contribution < -0.4 is 10.8 Å². The van der Waals surface area contributed by atoms with Gasteiger partial charge in [-0.2, -0.15) is 5.48 Å². The summed E-state index contributed by atoms with van der Waals surface area (Å²) in [4.78, 5) is 38.3. The Balaban J connectivity index is 2.18. The van der Waals surface area contributed by atoms with Crippen LogP contribution in [0.3, 0.4) is 0 Å². The fourth-order valence-electron chi connectivity index (χ4n) is 1.20. The molecule has 0 atom stereocenters. The van der Waals surface area contributed by atoms with Crippen LogP contribution in [0.2, 0.25) is 0 Å². The quantitative estimate of drug-likeness (QED) is 0.368. The highest BCUT2D eigenvalue weighted by atomic mass is 16.7. The molecule has 0 unspecified atom stereocenters. The molecule has 0 aliphatic heterocycles. The standard InChI is InChI=1S/C14H16N2O5/c1-10(2)13(18)20-9-8-15-14(19)21-16-12(17)11-6-4-3-5-7-11/h3-7H,1,8-9H2,2H3,(H,15,19)(H,16,17). The number of carbonyl (C=O) groups is 3. The van der Waals surface area contributed by atoms with Gasteiger partial charge in [0.1, 0.15) is 6.61 Å². The summed E-state index contributed by atoms with van der Waals surface area (Å²) in [5.74, 6) is -1.08. The molecule has 112 valence electrons. The summed E-state index contributed by atoms with van der Waals surface area (Å²) in [5.41, 5.74) is 2.63. The second kappa shape index (κ2) is 8.36. The average molecular weight is 292 g/mol. The van der Waals surface area contributed by atoms with Gasteiger partial charge in [-0.15, -0.1) is 0 Å². The molecule has 1 aromatic rings. The Morgan fingerprint density at radius 1 is 1.19 bits per heavy atom. The minimum Gasteiger partial charge on any atom is -0.460 e. The minimum absolute atomic E-state index is 0.0204. The van der Waals surface area contributed by atoms with E-state index in [-0.39, 0.29) is 18.7 Å². The zero-order chi connectivity index (χ0) is 15.7. The number of ether oxygens (including phenoxy) is 1. The van der Waals surface area contributed by atoms with Gasteiger partial charge in [0.15, 0.2) is 0 Å². The minimum atomic E-state index is -0.856. The van der Waals surface area contributed by atoms with Gasteiger partial charge in [0.2, 0.25) is 0 Å². The first-order chi connectivity index (χ1) is 10.0. The van der Waals surface area contributed by atoms with Crippen molar-refractivity contribution in [2.45, 2.75) is 6.92 Å². The predicted octanol–water partition coefficient (Wildman–Crippen LogP) is 1.18. The van der Waals surface area contributed by atoms with Crippen LogP contribution in [-0.4, -0.2) is 31.1 Å². The third-order valence-electron chi connectivity index (χ3n) is 2.23. The van der Waals surface area contributed by atoms with Crippen LogP contribution in [0, 0.1) is 0 Å². The Labute approximate surface area is 121 Å². The Hall–Kier alpha value is -2.83. The molecule has 0 heterocycles. The van der Waals surface area contributed by atoms with Crippen LogP contribution in [0.15, 0.2) is 42.5 Å². The Bertz CT molecular complexity index is 527. The van der Waals surface area contributed by atoms with Gasteiger partial charge in [0.05, 0.1) is 6.54 Å². The van der Waals surface area contributed by atoms with Gasteiger partial charge in [-0.05, 0) is 19.1 Å². The highest BCUT2D eigenvalue weighted by molar-refractivity contribution is 5.94. The summed E-state index contributed by atoms with van der Waals surface area (Å²) in [7, 11) is 0. The number of esters is 1. The maximum Gasteiger partial charge on any atom is 0.431 e. The SMILES string of the molecule is C=C(C)C(=O)OCCNC(=O)ONC(=O)c1ccccc1. The van der Waals surface area contributed by atoms with Gasteiger partial charge < -0.3 is 14.9 Å². The van der Waals surface area contributed by atoms with Crippen molar-refractivity contribution in [3.05, 3.63) is 48.0 Å². The van der Waals surface area contributed by atoms with E-state index in [0.717, 1.165) is 0 Å². The van der Waals surface area contributed by atoms with E-state index in [1.54, 1.807) is 30.3 Å². The third kappa shape index (κ3) is 6.24. The van der Waals surface area contributed by atoms with E-state index in [0.29, 0.717) is 5.56 Å². The largest absolute Gasteiger partial charge is 0.460 e. The van der Waals surface area contributed by atoms with Gasteiger partial charge in [0, 0.05) is 11.1 Å². The third-order valence-corrected chi connectivity index (χ3v) is 2.23. The molecule has 7 heteroatoms. The summed E-state index contributed by atoms with van der Waals surface area (Å²) < 4.78 is 4.75. The number of hydrogen-bond donors (Lipinski definition) is 2. The lowest BCUT2D eigenvalue weighted by molar-refractivity contribution is -0.138. The highest BCUT2D eigenvalue weighted by Crippen LogP contribution is 1.97. The van der Waals surface area contributed by atoms with Crippen LogP contribution in [0.25, 0.3) is 0 Å². The van der Waals surface area contributed by atoms with Crippen molar-refractivity contribution in [1.29, 1.82) is 0 Å². The van der Waals surface area contributed by atoms with E-state index >= 15 is 0 Å². The summed E-state index contributed by atoms with van der Waals surface area (Å²) in [6, 6.07) is 8.29. The van der Waals surface area contributed by atoms with E-state index in [1.807, 2.05) is 5.48 Å². The first-order valence-electron chi connectivity index (χ1n) is 6.13. The molecule has 0 aliphatic carbocycles. The van der Waals surface area contributed by atoms with Crippen molar-refractivity contribution < 1.29 is 24.0 Å². The van der Waals surface area contributed by atoms with Gasteiger partial charge >= 0.3 is 12.1 Å². The van der Waals surface area contributed by atoms with Crippen molar-refractivity contribution >= 4 is 18.0 Å². The molecule has 0 saturated heterocycles. The number of carbonyl (C=O) groups excluding carboxylic acids is 3. The second-order valence-electron chi connectivity index (χ2n) is 4.03. The lowest BCUT2D eigenvalue weighted by Gasteiger charge is -2.08. The molecule has 0 bridgehead atoms. The van der Waals surface area contributed by atoms with E-state index in [2.05, 4.69) is 16.7 Å². The molecule has 7 nitrogen and oxygen atoms in total. The zero-order valence-electron chi connectivity index (χ0n) is 11.5. The molecular weight excluding hydrogens is 276 g/mol. The van der Waals surface area contributed by atoms with Crippen molar-refractivity contribution in [2.24, 2.45) is 0 Å². The molecule has 0 radical (unpaired) electrons. The monoisotopic (exact) mass is 292 g/mol. The fourth-order valence-corrected chi connectivity index (χ4v) is 1.20. The Kier molecular flexibility index (Phi) is 6.46. The predicted molar refractivity (Wildman–Crippen MR) is 74.2 cm³/mol. The molecule has 0 fully saturated rings. The number of rotatable bonds is 5. The normalized spacial score (nSPS) is 9.38. The topological polar surface area (TPSA) is 93.7 Å². The number of hydroxylamine groups is 1. The maximum absolute atomic E-state index is 11.5. The molecular formula is C14H16N2O5. The fraction of sp³-hybridized carbons (Fsp3) is 0.214. The Morgan fingerprint density at radius 2 is 1.86 bits per heavy atom. The molecule has 21 heavy (non-hydrogen) atoms. The van der Waals surface area contributed by atoms with Crippen LogP contribution in [0.4, 0.5) is 4.79 Å². The second-order valence-corrected chi connectivity index (χ2v) is 4.03. The maximum atomic E-state index is 11.5. The van der Waals surface area contributed by atoms with E-state index in [9.17, 15) is 14.4 Å². The summed E-state index contributed by atoms with van der Waals surface area (Å²) in [6.07, 6.45) is -0.856. The van der Waals surface area contributed by atoms with Crippen LogP contribution in [0.5, 0.6) is 0 Å². The summed E-state index contributed by atoms with van der Waals surface area (Å²) in [5, 5.41) is 2.30. The molecule has 1 rings (SSSR count). The molecule has 1 aromatic carbocycles. The molecule has 2 N–H and O–H groups in total. The van der Waals surface area contributed by atoms with Crippen molar-refractivity contribution in [3.8, 4) is 0 Å². The van der Waals surface area contributed by atoms with Crippen molar-refractivity contribution in [3.63, 3.8) is 0 Å². The van der Waals surface area contributed by atoms with Gasteiger partial charge in [0.25, 0.3) is 5.91 Å². The number of hydrogen-bond acceptors (Lipinski definition) is 5. The lowest BCUT2D eigenvalue weighted by Crippen LogP contribution is -2.35. The first kappa shape index (κ1) is 16.2. The van der Waals surface area contributed by atoms with E-state index in [1.165, 1.54) is 6.92 Å². The molecule has 0 spiro atoms. The molecule has 0 aliphatic rings. The highest BCUT2D eigenvalue weighted by Gasteiger charge is 2.08. The molecule has 0 aromatic heterocycles. The van der Waals surface area contributed by atoms with Crippen LogP contribution >= 0.6 is 0 Å². The average Bonchev–Trinajstić information content (AvgIpc) is 2.49. The van der Waals surface area contributed by atoms with Crippen LogP contribution in [0.1, 0.15) is 17.3 Å². The smallest absolute Gasteiger partial charge is 0.431 e. The summed E-state index contributed by atoms with van der Waals surface area (Å²) in [6.45, 7) is 4.96. The molecule has 0 saturated carbocycles. The summed E-state index contributed by atoms with van der Waals surface area (Å²) >= 11 is 0. The number of amides is 2. The van der Waals surface area contributed by atoms with E-state index in [4.69, 9.17) is 4.74 Å². The van der Waals surface area contributed by atoms with Crippen LogP contribution in [-0.2, 0) is 14.4 Å².